The van der Waals surface area contributed by atoms with Crippen molar-refractivity contribution >= 4 is 17.9 Å². The minimum atomic E-state index is -0.0551. The van der Waals surface area contributed by atoms with E-state index in [0.29, 0.717) is 23.1 Å². The number of ether oxygens (including phenoxy) is 1. The largest absolute Gasteiger partial charge is 0.381 e. The summed E-state index contributed by atoms with van der Waals surface area (Å²) < 4.78 is 5.66. The number of carbonyl (C=O) groups excluding carboxylic acids is 1. The number of piperidine rings is 1. The minimum absolute atomic E-state index is 0.0551. The van der Waals surface area contributed by atoms with E-state index >= 15 is 0 Å². The van der Waals surface area contributed by atoms with E-state index < -0.39 is 0 Å². The molecule has 2 fully saturated rings. The summed E-state index contributed by atoms with van der Waals surface area (Å²) in [6.45, 7) is 6.99. The molecule has 1 saturated heterocycles. The van der Waals surface area contributed by atoms with Gasteiger partial charge in [0, 0.05) is 31.3 Å². The fourth-order valence-electron chi connectivity index (χ4n) is 4.86. The average Bonchev–Trinajstić information content (AvgIpc) is 2.80. The highest BCUT2D eigenvalue weighted by Gasteiger charge is 2.30. The first kappa shape index (κ1) is 23.3. The van der Waals surface area contributed by atoms with Crippen LogP contribution in [0.5, 0.6) is 0 Å². The van der Waals surface area contributed by atoms with Crippen molar-refractivity contribution in [2.45, 2.75) is 51.5 Å². The second kappa shape index (κ2) is 11.9. The lowest BCUT2D eigenvalue weighted by Gasteiger charge is -2.39. The summed E-state index contributed by atoms with van der Waals surface area (Å²) in [5.41, 5.74) is 8.27. The Labute approximate surface area is 185 Å². The third-order valence-electron chi connectivity index (χ3n) is 6.50. The van der Waals surface area contributed by atoms with Crippen LogP contribution in [-0.4, -0.2) is 56.0 Å². The van der Waals surface area contributed by atoms with Crippen LogP contribution in [0.4, 0.5) is 5.69 Å². The zero-order chi connectivity index (χ0) is 22.1. The van der Waals surface area contributed by atoms with Crippen molar-refractivity contribution in [2.75, 3.05) is 37.9 Å². The Hall–Kier alpha value is -2.32. The number of amides is 1. The smallest absolute Gasteiger partial charge is 0.251 e. The van der Waals surface area contributed by atoms with Gasteiger partial charge in [-0.25, -0.2) is 5.01 Å². The molecule has 8 heteroatoms. The summed E-state index contributed by atoms with van der Waals surface area (Å²) in [4.78, 5) is 15.5. The lowest BCUT2D eigenvalue weighted by molar-refractivity contribution is 0.0548. The van der Waals surface area contributed by atoms with Gasteiger partial charge < -0.3 is 15.0 Å². The number of nitrogens with one attached hydrogen (secondary N) is 3. The van der Waals surface area contributed by atoms with Crippen LogP contribution >= 0.6 is 0 Å². The van der Waals surface area contributed by atoms with Crippen molar-refractivity contribution in [3.63, 3.8) is 0 Å². The summed E-state index contributed by atoms with van der Waals surface area (Å²) >= 11 is 0. The van der Waals surface area contributed by atoms with Gasteiger partial charge in [0.05, 0.1) is 12.3 Å². The van der Waals surface area contributed by atoms with Gasteiger partial charge >= 0.3 is 0 Å². The molecule has 3 rings (SSSR count). The molecule has 1 saturated carbocycles. The molecule has 8 nitrogen and oxygen atoms in total. The molecule has 1 aliphatic heterocycles. The van der Waals surface area contributed by atoms with Crippen molar-refractivity contribution in [1.29, 1.82) is 10.9 Å². The summed E-state index contributed by atoms with van der Waals surface area (Å²) in [6.07, 6.45) is 8.03. The third-order valence-corrected chi connectivity index (χ3v) is 6.50. The average molecular weight is 429 g/mol. The Morgan fingerprint density at radius 2 is 2.03 bits per heavy atom. The first-order chi connectivity index (χ1) is 15.1. The van der Waals surface area contributed by atoms with Gasteiger partial charge in [-0.05, 0) is 75.3 Å². The maximum atomic E-state index is 12.9. The first-order valence-electron chi connectivity index (χ1n) is 11.5. The number of hydrogen-bond donors (Lipinski definition) is 3. The molecule has 2 aliphatic rings. The molecular formula is C23H36N6O2. The highest BCUT2D eigenvalue weighted by Crippen LogP contribution is 2.28. The van der Waals surface area contributed by atoms with Crippen LogP contribution in [0.15, 0.2) is 29.5 Å². The molecule has 1 amide bonds. The zero-order valence-electron chi connectivity index (χ0n) is 18.6. The summed E-state index contributed by atoms with van der Waals surface area (Å²) in [5, 5.41) is 15.0. The highest BCUT2D eigenvalue weighted by atomic mass is 16.5. The van der Waals surface area contributed by atoms with Gasteiger partial charge in [0.2, 0.25) is 0 Å². The van der Waals surface area contributed by atoms with E-state index in [1.165, 1.54) is 19.3 Å². The molecule has 1 unspecified atom stereocenters. The number of carbonyl (C=O) groups is 1. The van der Waals surface area contributed by atoms with E-state index in [1.54, 1.807) is 24.3 Å². The molecular weight excluding hydrogens is 392 g/mol. The summed E-state index contributed by atoms with van der Waals surface area (Å²) in [7, 11) is 0. The zero-order valence-corrected chi connectivity index (χ0v) is 18.6. The SMILES string of the molecule is CCOCC1CCCN(C[C@H]2CCCC[C@@H]2NC(=O)c2ccc(N(C=N)N=N)cc2)C1. The molecule has 3 atom stereocenters. The summed E-state index contributed by atoms with van der Waals surface area (Å²) in [6, 6.07) is 7.08. The highest BCUT2D eigenvalue weighted by molar-refractivity contribution is 5.95. The quantitative estimate of drug-likeness (QED) is 0.226. The standard InChI is InChI=1S/C23H36N6O2/c1-2-31-16-18-6-5-13-28(14-18)15-20-7-3-4-8-22(20)26-23(30)19-9-11-21(12-10-19)29(17-24)27-25/h9-12,17-18,20,22,24-25H,2-8,13-16H2,1H3,(H,26,30)/t18?,20-,22+/m1/s1. The number of rotatable bonds is 10. The van der Waals surface area contributed by atoms with Crippen molar-refractivity contribution < 1.29 is 9.53 Å². The normalized spacial score (nSPS) is 24.4. The van der Waals surface area contributed by atoms with Crippen LogP contribution in [0.2, 0.25) is 0 Å². The second-order valence-corrected chi connectivity index (χ2v) is 8.67. The predicted molar refractivity (Wildman–Crippen MR) is 122 cm³/mol. The number of nitrogens with zero attached hydrogens (tertiary/aromatic N) is 3. The molecule has 3 N–H and O–H groups in total. The Bertz CT molecular complexity index is 717. The minimum Gasteiger partial charge on any atom is -0.381 e. The number of benzene rings is 1. The Morgan fingerprint density at radius 3 is 2.74 bits per heavy atom. The number of anilines is 1. The molecule has 1 aliphatic carbocycles. The van der Waals surface area contributed by atoms with E-state index in [-0.39, 0.29) is 11.9 Å². The molecule has 1 heterocycles. The van der Waals surface area contributed by atoms with E-state index in [1.807, 2.05) is 0 Å². The van der Waals surface area contributed by atoms with Crippen molar-refractivity contribution in [1.82, 2.24) is 10.2 Å². The van der Waals surface area contributed by atoms with E-state index in [2.05, 4.69) is 22.4 Å². The topological polar surface area (TPSA) is 105 Å². The van der Waals surface area contributed by atoms with E-state index in [4.69, 9.17) is 15.7 Å². The number of likely N-dealkylation sites (tertiary alicyclic amines) is 1. The molecule has 170 valence electrons. The van der Waals surface area contributed by atoms with Gasteiger partial charge in [-0.1, -0.05) is 18.1 Å². The van der Waals surface area contributed by atoms with E-state index in [0.717, 1.165) is 63.5 Å². The van der Waals surface area contributed by atoms with Crippen LogP contribution in [0.1, 0.15) is 55.8 Å². The maximum Gasteiger partial charge on any atom is 0.251 e. The lowest BCUT2D eigenvalue weighted by atomic mass is 9.83. The summed E-state index contributed by atoms with van der Waals surface area (Å²) in [5.74, 6) is 1.05. The fraction of sp³-hybridized carbons (Fsp3) is 0.652. The van der Waals surface area contributed by atoms with Gasteiger partial charge in [-0.3, -0.25) is 10.2 Å². The predicted octanol–water partition coefficient (Wildman–Crippen LogP) is 4.08. The molecule has 0 radical (unpaired) electrons. The van der Waals surface area contributed by atoms with Gasteiger partial charge in [-0.15, -0.1) is 0 Å². The third kappa shape index (κ3) is 6.58. The van der Waals surface area contributed by atoms with Gasteiger partial charge in [-0.2, -0.15) is 5.53 Å². The lowest BCUT2D eigenvalue weighted by Crippen LogP contribution is -2.48. The molecule has 1 aromatic carbocycles. The van der Waals surface area contributed by atoms with Gasteiger partial charge in [0.1, 0.15) is 6.34 Å². The van der Waals surface area contributed by atoms with Crippen molar-refractivity contribution in [3.8, 4) is 0 Å². The molecule has 0 spiro atoms. The first-order valence-corrected chi connectivity index (χ1v) is 11.5. The molecule has 1 aromatic rings. The Morgan fingerprint density at radius 1 is 1.26 bits per heavy atom. The Kier molecular flexibility index (Phi) is 8.97. The van der Waals surface area contributed by atoms with Crippen molar-refractivity contribution in [2.24, 2.45) is 17.1 Å². The molecule has 31 heavy (non-hydrogen) atoms. The monoisotopic (exact) mass is 428 g/mol. The van der Waals surface area contributed by atoms with Crippen molar-refractivity contribution in [3.05, 3.63) is 29.8 Å². The van der Waals surface area contributed by atoms with Crippen LogP contribution < -0.4 is 10.3 Å². The molecule has 0 bridgehead atoms. The van der Waals surface area contributed by atoms with Crippen LogP contribution in [0.25, 0.3) is 0 Å². The van der Waals surface area contributed by atoms with E-state index in [9.17, 15) is 4.79 Å². The number of hydrogen-bond acceptors (Lipinski definition) is 6. The Balaban J connectivity index is 1.57. The van der Waals surface area contributed by atoms with Crippen LogP contribution in [0, 0.1) is 22.8 Å². The van der Waals surface area contributed by atoms with Crippen LogP contribution in [0.3, 0.4) is 0 Å². The van der Waals surface area contributed by atoms with Gasteiger partial charge in [0.25, 0.3) is 5.91 Å². The second-order valence-electron chi connectivity index (χ2n) is 8.67. The molecule has 0 aromatic heterocycles. The van der Waals surface area contributed by atoms with Crippen LogP contribution in [-0.2, 0) is 4.74 Å². The van der Waals surface area contributed by atoms with Gasteiger partial charge in [0.15, 0.2) is 0 Å². The fourth-order valence-corrected chi connectivity index (χ4v) is 4.86. The maximum absolute atomic E-state index is 12.9.